The molecule has 0 spiro atoms. The van der Waals surface area contributed by atoms with Gasteiger partial charge in [-0.2, -0.15) is 10.2 Å². The van der Waals surface area contributed by atoms with Crippen molar-refractivity contribution in [3.63, 3.8) is 0 Å². The molecule has 2 amide bonds. The minimum Gasteiger partial charge on any atom is -0.483 e. The Kier molecular flexibility index (Phi) is 7.31. The van der Waals surface area contributed by atoms with Crippen LogP contribution in [0.3, 0.4) is 0 Å². The number of aromatic nitrogens is 3. The summed E-state index contributed by atoms with van der Waals surface area (Å²) in [6.45, 7) is 3.53. The number of nitrogens with one attached hydrogen (secondary N) is 2. The number of carbonyl (C=O) groups is 2. The van der Waals surface area contributed by atoms with E-state index in [1.807, 2.05) is 43.5 Å². The Morgan fingerprint density at radius 1 is 1.00 bits per heavy atom. The fraction of sp³-hybridized carbons (Fsp3) is 0.333. The van der Waals surface area contributed by atoms with E-state index in [0.29, 0.717) is 50.1 Å². The summed E-state index contributed by atoms with van der Waals surface area (Å²) in [5.41, 5.74) is 4.57. The van der Waals surface area contributed by atoms with Gasteiger partial charge in [-0.15, -0.1) is 0 Å². The second-order valence-electron chi connectivity index (χ2n) is 9.26. The van der Waals surface area contributed by atoms with Gasteiger partial charge in [-0.25, -0.2) is 4.98 Å². The van der Waals surface area contributed by atoms with Gasteiger partial charge >= 0.3 is 0 Å². The Labute approximate surface area is 220 Å². The maximum atomic E-state index is 12.9. The number of anilines is 4. The molecular weight excluding hydrogens is 484 g/mol. The third kappa shape index (κ3) is 5.81. The van der Waals surface area contributed by atoms with Gasteiger partial charge in [0, 0.05) is 49.8 Å². The number of hydrogen-bond acceptors (Lipinski definition) is 9. The first-order valence-corrected chi connectivity index (χ1v) is 12.5. The van der Waals surface area contributed by atoms with Gasteiger partial charge in [0.1, 0.15) is 18.0 Å². The monoisotopic (exact) mass is 512 g/mol. The number of piperazine rings is 1. The van der Waals surface area contributed by atoms with E-state index in [0.717, 1.165) is 34.5 Å². The average molecular weight is 513 g/mol. The number of nitrogens with zero attached hydrogens (tertiary/aromatic N) is 6. The molecular formula is C27H28N8O3. The van der Waals surface area contributed by atoms with Gasteiger partial charge in [0.2, 0.25) is 11.9 Å². The van der Waals surface area contributed by atoms with E-state index in [4.69, 9.17) is 10.00 Å². The topological polar surface area (TPSA) is 136 Å². The van der Waals surface area contributed by atoms with Crippen molar-refractivity contribution in [2.45, 2.75) is 26.2 Å². The molecule has 1 aromatic carbocycles. The first kappa shape index (κ1) is 25.0. The zero-order valence-corrected chi connectivity index (χ0v) is 21.1. The molecule has 1 fully saturated rings. The Balaban J connectivity index is 1.31. The molecule has 2 aromatic heterocycles. The highest BCUT2D eigenvalue weighted by atomic mass is 16.5. The number of aryl methyl sites for hydroxylation is 3. The Morgan fingerprint density at radius 2 is 1.79 bits per heavy atom. The van der Waals surface area contributed by atoms with Crippen molar-refractivity contribution in [3.05, 3.63) is 59.5 Å². The van der Waals surface area contributed by atoms with Crippen molar-refractivity contribution >= 4 is 35.0 Å². The molecule has 11 nitrogen and oxygen atoms in total. The molecule has 2 aliphatic rings. The number of rotatable bonds is 4. The smallest absolute Gasteiger partial charge is 0.260 e. The number of nitriles is 1. The van der Waals surface area contributed by atoms with Crippen molar-refractivity contribution in [2.24, 2.45) is 0 Å². The minimum absolute atomic E-state index is 0.0960. The lowest BCUT2D eigenvalue weighted by Crippen LogP contribution is -2.51. The molecule has 0 atom stereocenters. The van der Waals surface area contributed by atoms with Crippen molar-refractivity contribution < 1.29 is 14.3 Å². The number of hydrogen-bond donors (Lipinski definition) is 2. The highest BCUT2D eigenvalue weighted by Crippen LogP contribution is 2.28. The van der Waals surface area contributed by atoms with E-state index in [1.54, 1.807) is 22.2 Å². The Hall–Kier alpha value is -4.72. The maximum Gasteiger partial charge on any atom is 0.260 e. The number of benzene rings is 1. The summed E-state index contributed by atoms with van der Waals surface area (Å²) < 4.78 is 6.02. The summed E-state index contributed by atoms with van der Waals surface area (Å²) in [7, 11) is 0. The number of ether oxygens (including phenoxy) is 1. The van der Waals surface area contributed by atoms with Crippen molar-refractivity contribution in [1.29, 1.82) is 5.26 Å². The van der Waals surface area contributed by atoms with Gasteiger partial charge in [0.15, 0.2) is 6.61 Å². The third-order valence-corrected chi connectivity index (χ3v) is 6.60. The molecule has 5 rings (SSSR count). The summed E-state index contributed by atoms with van der Waals surface area (Å²) in [6.07, 6.45) is 6.61. The summed E-state index contributed by atoms with van der Waals surface area (Å²) in [5.74, 6) is 1.47. The molecule has 0 saturated carbocycles. The highest BCUT2D eigenvalue weighted by Gasteiger charge is 2.24. The summed E-state index contributed by atoms with van der Waals surface area (Å²) in [6, 6.07) is 9.69. The van der Waals surface area contributed by atoms with E-state index in [9.17, 15) is 9.59 Å². The van der Waals surface area contributed by atoms with Crippen LogP contribution in [0.4, 0.5) is 23.1 Å². The van der Waals surface area contributed by atoms with Crippen LogP contribution in [0.2, 0.25) is 0 Å². The summed E-state index contributed by atoms with van der Waals surface area (Å²) in [5, 5.41) is 15.3. The fourth-order valence-electron chi connectivity index (χ4n) is 4.48. The molecule has 4 heterocycles. The zero-order chi connectivity index (χ0) is 26.5. The van der Waals surface area contributed by atoms with Crippen molar-refractivity contribution in [2.75, 3.05) is 43.4 Å². The van der Waals surface area contributed by atoms with Gasteiger partial charge in [0.05, 0.1) is 18.0 Å². The van der Waals surface area contributed by atoms with Crippen LogP contribution in [-0.2, 0) is 22.4 Å². The van der Waals surface area contributed by atoms with Crippen LogP contribution in [0.5, 0.6) is 5.75 Å². The molecule has 194 valence electrons. The highest BCUT2D eigenvalue weighted by molar-refractivity contribution is 5.80. The van der Waals surface area contributed by atoms with Crippen molar-refractivity contribution in [1.82, 2.24) is 24.8 Å². The Morgan fingerprint density at radius 3 is 2.58 bits per heavy atom. The maximum absolute atomic E-state index is 12.9. The SMILES string of the molecule is Cc1cnc2nc1Nc1ccc(OCC(=O)N3CCN(C(=O)CC#N)CC3)c(c1)CCc1cncc(c1)N2. The minimum atomic E-state index is -0.200. The molecule has 11 heteroatoms. The molecule has 2 N–H and O–H groups in total. The zero-order valence-electron chi connectivity index (χ0n) is 21.1. The number of fused-ring (bicyclic) bond motifs is 6. The molecule has 38 heavy (non-hydrogen) atoms. The van der Waals surface area contributed by atoms with Gasteiger partial charge in [-0.1, -0.05) is 0 Å². The lowest BCUT2D eigenvalue weighted by atomic mass is 10.0. The van der Waals surface area contributed by atoms with Crippen LogP contribution in [0.15, 0.2) is 42.9 Å². The predicted octanol–water partition coefficient (Wildman–Crippen LogP) is 2.73. The van der Waals surface area contributed by atoms with Gasteiger partial charge < -0.3 is 25.2 Å². The normalized spacial score (nSPS) is 14.5. The molecule has 2 aliphatic heterocycles. The van der Waals surface area contributed by atoms with E-state index < -0.39 is 0 Å². The molecule has 0 radical (unpaired) electrons. The first-order valence-electron chi connectivity index (χ1n) is 12.5. The van der Waals surface area contributed by atoms with Crippen molar-refractivity contribution in [3.8, 4) is 11.8 Å². The van der Waals surface area contributed by atoms with E-state index in [-0.39, 0.29) is 24.8 Å². The quantitative estimate of drug-likeness (QED) is 0.541. The van der Waals surface area contributed by atoms with Crippen LogP contribution in [-0.4, -0.2) is 69.4 Å². The second kappa shape index (κ2) is 11.1. The van der Waals surface area contributed by atoms with Crippen LogP contribution >= 0.6 is 0 Å². The number of amides is 2. The summed E-state index contributed by atoms with van der Waals surface area (Å²) in [4.78, 5) is 41.5. The van der Waals surface area contributed by atoms with Crippen LogP contribution in [0.25, 0.3) is 0 Å². The molecule has 0 unspecified atom stereocenters. The molecule has 1 saturated heterocycles. The van der Waals surface area contributed by atoms with Gasteiger partial charge in [0.25, 0.3) is 5.91 Å². The Bertz CT molecular complexity index is 1400. The number of carbonyl (C=O) groups excluding carboxylic acids is 2. The average Bonchev–Trinajstić information content (AvgIpc) is 2.93. The van der Waals surface area contributed by atoms with E-state index in [2.05, 4.69) is 25.6 Å². The van der Waals surface area contributed by atoms with E-state index >= 15 is 0 Å². The first-order chi connectivity index (χ1) is 18.5. The van der Waals surface area contributed by atoms with Crippen LogP contribution in [0, 0.1) is 18.3 Å². The lowest BCUT2D eigenvalue weighted by Gasteiger charge is -2.34. The second-order valence-corrected chi connectivity index (χ2v) is 9.26. The molecule has 3 aromatic rings. The molecule has 6 bridgehead atoms. The summed E-state index contributed by atoms with van der Waals surface area (Å²) >= 11 is 0. The van der Waals surface area contributed by atoms with Gasteiger partial charge in [-0.3, -0.25) is 14.6 Å². The predicted molar refractivity (Wildman–Crippen MR) is 140 cm³/mol. The fourth-order valence-corrected chi connectivity index (χ4v) is 4.48. The van der Waals surface area contributed by atoms with Crippen LogP contribution < -0.4 is 15.4 Å². The standard InChI is InChI=1S/C27H28N8O3/c1-18-14-30-27-32-22-12-19(15-29-16-22)2-3-20-13-21(31-26(18)33-27)4-5-23(20)38-17-25(37)35-10-8-34(9-11-35)24(36)6-7-28/h4-5,12-16H,2-3,6,8-11,17H2,1H3,(H2,30,31,32,33). The third-order valence-electron chi connectivity index (χ3n) is 6.60. The van der Waals surface area contributed by atoms with E-state index in [1.165, 1.54) is 0 Å². The van der Waals surface area contributed by atoms with Crippen LogP contribution in [0.1, 0.15) is 23.1 Å². The lowest BCUT2D eigenvalue weighted by molar-refractivity contribution is -0.140. The molecule has 0 aliphatic carbocycles. The van der Waals surface area contributed by atoms with Gasteiger partial charge in [-0.05, 0) is 55.2 Å². The number of pyridine rings is 1. The largest absolute Gasteiger partial charge is 0.483 e.